The number of rotatable bonds is 7. The van der Waals surface area contributed by atoms with Gasteiger partial charge in [0, 0.05) is 19.6 Å². The molecule has 3 amide bonds. The molecule has 0 atom stereocenters. The number of benzene rings is 2. The van der Waals surface area contributed by atoms with Gasteiger partial charge in [-0.2, -0.15) is 0 Å². The van der Waals surface area contributed by atoms with Crippen LogP contribution in [-0.2, 0) is 13.1 Å². The Balaban J connectivity index is 1.48. The Hall–Kier alpha value is -2.89. The van der Waals surface area contributed by atoms with Crippen molar-refractivity contribution in [1.82, 2.24) is 16.0 Å². The summed E-state index contributed by atoms with van der Waals surface area (Å²) in [5, 5.41) is 8.38. The molecular formula is C20H22FN3O2. The lowest BCUT2D eigenvalue weighted by molar-refractivity contribution is 0.0947. The van der Waals surface area contributed by atoms with E-state index in [4.69, 9.17) is 0 Å². The Morgan fingerprint density at radius 2 is 1.62 bits per heavy atom. The van der Waals surface area contributed by atoms with Crippen LogP contribution in [0.4, 0.5) is 9.18 Å². The van der Waals surface area contributed by atoms with Crippen LogP contribution < -0.4 is 16.0 Å². The number of halogens is 1. The molecule has 3 N–H and O–H groups in total. The minimum atomic E-state index is -0.542. The van der Waals surface area contributed by atoms with Crippen LogP contribution in [0, 0.1) is 11.7 Å². The van der Waals surface area contributed by atoms with Crippen LogP contribution in [0.15, 0.2) is 48.5 Å². The molecule has 2 aromatic carbocycles. The summed E-state index contributed by atoms with van der Waals surface area (Å²) in [5.41, 5.74) is 1.84. The highest BCUT2D eigenvalue weighted by Crippen LogP contribution is 2.27. The predicted molar refractivity (Wildman–Crippen MR) is 97.0 cm³/mol. The van der Waals surface area contributed by atoms with E-state index in [1.54, 1.807) is 12.1 Å². The van der Waals surface area contributed by atoms with Crippen molar-refractivity contribution in [2.24, 2.45) is 5.92 Å². The maximum Gasteiger partial charge on any atom is 0.315 e. The number of urea groups is 1. The summed E-state index contributed by atoms with van der Waals surface area (Å²) in [6.45, 7) is 1.43. The van der Waals surface area contributed by atoms with Crippen molar-refractivity contribution in [2.75, 3.05) is 6.54 Å². The molecule has 2 aromatic rings. The summed E-state index contributed by atoms with van der Waals surface area (Å²) in [6, 6.07) is 13.3. The van der Waals surface area contributed by atoms with Gasteiger partial charge in [0.05, 0.1) is 5.56 Å². The maximum atomic E-state index is 13.6. The van der Waals surface area contributed by atoms with Gasteiger partial charge in [-0.25, -0.2) is 9.18 Å². The Morgan fingerprint density at radius 3 is 2.31 bits per heavy atom. The van der Waals surface area contributed by atoms with Crippen LogP contribution in [0.25, 0.3) is 0 Å². The summed E-state index contributed by atoms with van der Waals surface area (Å²) in [5.74, 6) is -0.353. The molecule has 5 nitrogen and oxygen atoms in total. The Bertz CT molecular complexity index is 790. The summed E-state index contributed by atoms with van der Waals surface area (Å²) in [7, 11) is 0. The average molecular weight is 355 g/mol. The first-order valence-corrected chi connectivity index (χ1v) is 8.74. The van der Waals surface area contributed by atoms with Crippen molar-refractivity contribution in [2.45, 2.75) is 25.9 Å². The van der Waals surface area contributed by atoms with E-state index in [9.17, 15) is 14.0 Å². The molecule has 0 heterocycles. The standard InChI is InChI=1S/C20H22FN3O2/c21-18-7-2-1-6-17(18)19(25)22-12-15-4-3-5-16(10-15)13-24-20(26)23-11-14-8-9-14/h1-7,10,14H,8-9,11-13H2,(H,22,25)(H2,23,24,26). The predicted octanol–water partition coefficient (Wildman–Crippen LogP) is 2.96. The van der Waals surface area contributed by atoms with Gasteiger partial charge in [0.25, 0.3) is 5.91 Å². The summed E-state index contributed by atoms with van der Waals surface area (Å²) < 4.78 is 13.6. The molecule has 1 aliphatic rings. The third kappa shape index (κ3) is 5.31. The highest BCUT2D eigenvalue weighted by molar-refractivity contribution is 5.94. The lowest BCUT2D eigenvalue weighted by atomic mass is 10.1. The fraction of sp³-hybridized carbons (Fsp3) is 0.300. The van der Waals surface area contributed by atoms with E-state index in [-0.39, 0.29) is 18.1 Å². The third-order valence-electron chi connectivity index (χ3n) is 4.26. The molecule has 3 rings (SSSR count). The lowest BCUT2D eigenvalue weighted by Gasteiger charge is -2.10. The van der Waals surface area contributed by atoms with E-state index < -0.39 is 11.7 Å². The summed E-state index contributed by atoms with van der Waals surface area (Å²) in [6.07, 6.45) is 2.39. The van der Waals surface area contributed by atoms with Gasteiger partial charge in [-0.15, -0.1) is 0 Å². The van der Waals surface area contributed by atoms with E-state index in [1.807, 2.05) is 24.3 Å². The van der Waals surface area contributed by atoms with Crippen LogP contribution in [0.3, 0.4) is 0 Å². The van der Waals surface area contributed by atoms with Crippen LogP contribution in [0.1, 0.15) is 34.3 Å². The van der Waals surface area contributed by atoms with Crippen molar-refractivity contribution < 1.29 is 14.0 Å². The van der Waals surface area contributed by atoms with Crippen molar-refractivity contribution in [3.8, 4) is 0 Å². The first-order chi connectivity index (χ1) is 12.6. The van der Waals surface area contributed by atoms with E-state index in [0.717, 1.165) is 17.7 Å². The second-order valence-corrected chi connectivity index (χ2v) is 6.49. The number of hydrogen-bond donors (Lipinski definition) is 3. The Morgan fingerprint density at radius 1 is 0.923 bits per heavy atom. The molecule has 6 heteroatoms. The summed E-state index contributed by atoms with van der Waals surface area (Å²) >= 11 is 0. The Labute approximate surface area is 152 Å². The first-order valence-electron chi connectivity index (χ1n) is 8.74. The molecule has 136 valence electrons. The smallest absolute Gasteiger partial charge is 0.315 e. The number of hydrogen-bond acceptors (Lipinski definition) is 2. The average Bonchev–Trinajstić information content (AvgIpc) is 3.48. The van der Waals surface area contributed by atoms with E-state index in [2.05, 4.69) is 16.0 Å². The van der Waals surface area contributed by atoms with Gasteiger partial charge in [0.2, 0.25) is 0 Å². The highest BCUT2D eigenvalue weighted by Gasteiger charge is 2.21. The van der Waals surface area contributed by atoms with Crippen LogP contribution in [0.5, 0.6) is 0 Å². The lowest BCUT2D eigenvalue weighted by Crippen LogP contribution is -2.36. The van der Waals surface area contributed by atoms with Crippen LogP contribution in [-0.4, -0.2) is 18.5 Å². The highest BCUT2D eigenvalue weighted by atomic mass is 19.1. The molecular weight excluding hydrogens is 333 g/mol. The zero-order chi connectivity index (χ0) is 18.4. The molecule has 0 bridgehead atoms. The second-order valence-electron chi connectivity index (χ2n) is 6.49. The number of amides is 3. The van der Waals surface area contributed by atoms with Gasteiger partial charge >= 0.3 is 6.03 Å². The van der Waals surface area contributed by atoms with Gasteiger partial charge in [-0.3, -0.25) is 4.79 Å². The van der Waals surface area contributed by atoms with E-state index >= 15 is 0 Å². The van der Waals surface area contributed by atoms with E-state index in [1.165, 1.54) is 25.0 Å². The fourth-order valence-electron chi connectivity index (χ4n) is 2.58. The van der Waals surface area contributed by atoms with Gasteiger partial charge in [0.15, 0.2) is 0 Å². The largest absolute Gasteiger partial charge is 0.348 e. The zero-order valence-corrected chi connectivity index (χ0v) is 14.4. The van der Waals surface area contributed by atoms with Gasteiger partial charge in [0.1, 0.15) is 5.82 Å². The minimum absolute atomic E-state index is 0.0256. The number of carbonyl (C=O) groups is 2. The second kappa shape index (κ2) is 8.47. The molecule has 0 unspecified atom stereocenters. The summed E-state index contributed by atoms with van der Waals surface area (Å²) in [4.78, 5) is 23.8. The maximum absolute atomic E-state index is 13.6. The molecule has 1 aliphatic carbocycles. The van der Waals surface area contributed by atoms with Gasteiger partial charge in [-0.05, 0) is 42.0 Å². The van der Waals surface area contributed by atoms with Gasteiger partial charge < -0.3 is 16.0 Å². The SMILES string of the molecule is O=C(NCc1cccc(CNC(=O)c2ccccc2F)c1)NCC1CC1. The number of nitrogens with one attached hydrogen (secondary N) is 3. The molecule has 0 aromatic heterocycles. The molecule has 0 radical (unpaired) electrons. The zero-order valence-electron chi connectivity index (χ0n) is 14.4. The van der Waals surface area contributed by atoms with Crippen LogP contribution in [0.2, 0.25) is 0 Å². The van der Waals surface area contributed by atoms with Crippen LogP contribution >= 0.6 is 0 Å². The molecule has 1 saturated carbocycles. The topological polar surface area (TPSA) is 70.2 Å². The van der Waals surface area contributed by atoms with Crippen molar-refractivity contribution in [3.63, 3.8) is 0 Å². The monoisotopic (exact) mass is 355 g/mol. The quantitative estimate of drug-likeness (QED) is 0.715. The Kier molecular flexibility index (Phi) is 5.84. The van der Waals surface area contributed by atoms with Crippen molar-refractivity contribution in [1.29, 1.82) is 0 Å². The fourth-order valence-corrected chi connectivity index (χ4v) is 2.58. The van der Waals surface area contributed by atoms with Crippen molar-refractivity contribution >= 4 is 11.9 Å². The third-order valence-corrected chi connectivity index (χ3v) is 4.26. The first kappa shape index (κ1) is 17.9. The minimum Gasteiger partial charge on any atom is -0.348 e. The number of carbonyl (C=O) groups excluding carboxylic acids is 2. The molecule has 0 spiro atoms. The normalized spacial score (nSPS) is 13.1. The molecule has 1 fully saturated rings. The van der Waals surface area contributed by atoms with Gasteiger partial charge in [-0.1, -0.05) is 36.4 Å². The molecule has 0 saturated heterocycles. The molecule has 26 heavy (non-hydrogen) atoms. The van der Waals surface area contributed by atoms with Crippen molar-refractivity contribution in [3.05, 3.63) is 71.0 Å². The molecule has 0 aliphatic heterocycles. The van der Waals surface area contributed by atoms with E-state index in [0.29, 0.717) is 12.5 Å².